The summed E-state index contributed by atoms with van der Waals surface area (Å²) in [6, 6.07) is -0.638. The molecule has 0 saturated carbocycles. The Bertz CT molecular complexity index is 1100. The average Bonchev–Trinajstić information content (AvgIpc) is 3.34. The van der Waals surface area contributed by atoms with Gasteiger partial charge in [0.05, 0.1) is 25.4 Å². The summed E-state index contributed by atoms with van der Waals surface area (Å²) in [4.78, 5) is 24.5. The largest absolute Gasteiger partial charge is 0.466 e. The van der Waals surface area contributed by atoms with E-state index in [9.17, 15) is 19.8 Å². The minimum atomic E-state index is -0.854. The van der Waals surface area contributed by atoms with Crippen molar-refractivity contribution < 1.29 is 24.5 Å². The zero-order valence-corrected chi connectivity index (χ0v) is 45.6. The number of ether oxygens (including phenoxy) is 1. The fourth-order valence-electron chi connectivity index (χ4n) is 9.21. The predicted octanol–water partition coefficient (Wildman–Crippen LogP) is 18.8. The summed E-state index contributed by atoms with van der Waals surface area (Å²) in [7, 11) is 0. The Hall–Kier alpha value is -1.92. The maximum atomic E-state index is 12.5. The lowest BCUT2D eigenvalue weighted by Crippen LogP contribution is -2.45. The summed E-state index contributed by atoms with van der Waals surface area (Å²) >= 11 is 0. The first-order valence-electron chi connectivity index (χ1n) is 30.3. The number of esters is 1. The Morgan fingerprint density at radius 3 is 1.07 bits per heavy atom. The van der Waals surface area contributed by atoms with Gasteiger partial charge in [-0.25, -0.2) is 0 Å². The van der Waals surface area contributed by atoms with E-state index in [2.05, 4.69) is 43.5 Å². The summed E-state index contributed by atoms with van der Waals surface area (Å²) in [5, 5.41) is 23.2. The lowest BCUT2D eigenvalue weighted by Gasteiger charge is -2.20. The van der Waals surface area contributed by atoms with E-state index in [0.29, 0.717) is 19.4 Å². The average molecular weight is 957 g/mol. The number of carbonyl (C=O) groups is 2. The van der Waals surface area contributed by atoms with Crippen LogP contribution in [-0.4, -0.2) is 47.4 Å². The number of aliphatic hydroxyl groups excluding tert-OH is 2. The Kier molecular flexibility index (Phi) is 56.0. The van der Waals surface area contributed by atoms with Crippen LogP contribution in [0.25, 0.3) is 0 Å². The molecule has 0 aliphatic rings. The number of carbonyl (C=O) groups excluding carboxylic acids is 2. The van der Waals surface area contributed by atoms with Crippen molar-refractivity contribution in [1.29, 1.82) is 0 Å². The van der Waals surface area contributed by atoms with Crippen molar-refractivity contribution >= 4 is 11.9 Å². The van der Waals surface area contributed by atoms with Crippen LogP contribution in [0.15, 0.2) is 36.5 Å². The molecule has 0 bridgehead atoms. The zero-order valence-electron chi connectivity index (χ0n) is 45.6. The third-order valence-corrected chi connectivity index (χ3v) is 13.9. The number of amides is 1. The highest BCUT2D eigenvalue weighted by Gasteiger charge is 2.18. The molecule has 0 rings (SSSR count). The molecule has 0 saturated heterocycles. The summed E-state index contributed by atoms with van der Waals surface area (Å²) in [6.45, 7) is 4.87. The van der Waals surface area contributed by atoms with Gasteiger partial charge in [0.2, 0.25) is 5.91 Å². The first-order valence-corrected chi connectivity index (χ1v) is 30.3. The molecule has 0 aromatic carbocycles. The molecule has 0 heterocycles. The summed E-state index contributed by atoms with van der Waals surface area (Å²) in [6.07, 6.45) is 71.7. The van der Waals surface area contributed by atoms with Gasteiger partial charge in [0.15, 0.2) is 0 Å². The minimum Gasteiger partial charge on any atom is -0.466 e. The zero-order chi connectivity index (χ0) is 49.3. The van der Waals surface area contributed by atoms with Crippen LogP contribution in [0, 0.1) is 0 Å². The van der Waals surface area contributed by atoms with E-state index in [-0.39, 0.29) is 18.5 Å². The van der Waals surface area contributed by atoms with Crippen LogP contribution in [0.3, 0.4) is 0 Å². The molecule has 68 heavy (non-hydrogen) atoms. The van der Waals surface area contributed by atoms with Crippen LogP contribution in [0.2, 0.25) is 0 Å². The highest BCUT2D eigenvalue weighted by molar-refractivity contribution is 5.76. The fourth-order valence-corrected chi connectivity index (χ4v) is 9.21. The van der Waals surface area contributed by atoms with Crippen LogP contribution in [0.5, 0.6) is 0 Å². The third kappa shape index (κ3) is 53.4. The summed E-state index contributed by atoms with van der Waals surface area (Å²) in [5.74, 6) is -0.0907. The van der Waals surface area contributed by atoms with E-state index >= 15 is 0 Å². The molecule has 0 spiro atoms. The Labute approximate surface area is 424 Å². The van der Waals surface area contributed by atoms with Gasteiger partial charge in [-0.1, -0.05) is 262 Å². The number of nitrogens with one attached hydrogen (secondary N) is 1. The number of aliphatic hydroxyl groups is 2. The van der Waals surface area contributed by atoms with Crippen molar-refractivity contribution in [3.63, 3.8) is 0 Å². The van der Waals surface area contributed by atoms with E-state index in [1.54, 1.807) is 6.08 Å². The molecule has 6 nitrogen and oxygen atoms in total. The Morgan fingerprint density at radius 2 is 0.691 bits per heavy atom. The molecule has 2 unspecified atom stereocenters. The number of hydrogen-bond donors (Lipinski definition) is 3. The quantitative estimate of drug-likeness (QED) is 0.0321. The van der Waals surface area contributed by atoms with Crippen LogP contribution in [0.4, 0.5) is 0 Å². The van der Waals surface area contributed by atoms with Gasteiger partial charge in [-0.05, 0) is 83.5 Å². The molecule has 0 aromatic heterocycles. The van der Waals surface area contributed by atoms with Gasteiger partial charge >= 0.3 is 5.97 Å². The molecular formula is C62H117NO5. The maximum absolute atomic E-state index is 12.5. The van der Waals surface area contributed by atoms with Gasteiger partial charge in [0, 0.05) is 12.8 Å². The molecule has 0 aliphatic heterocycles. The van der Waals surface area contributed by atoms with Gasteiger partial charge in [0.1, 0.15) is 0 Å². The monoisotopic (exact) mass is 956 g/mol. The lowest BCUT2D eigenvalue weighted by atomic mass is 10.0. The summed E-state index contributed by atoms with van der Waals surface area (Å²) < 4.78 is 5.45. The number of hydrogen-bond acceptors (Lipinski definition) is 5. The molecule has 1 amide bonds. The van der Waals surface area contributed by atoms with Crippen LogP contribution in [0.1, 0.15) is 322 Å². The van der Waals surface area contributed by atoms with Crippen molar-refractivity contribution in [3.8, 4) is 0 Å². The standard InChI is InChI=1S/C62H117NO5/c1-3-5-7-9-11-13-15-17-18-19-20-21-22-23-25-28-31-34-38-42-46-50-54-60(65)59(58-64)63-61(66)55-51-47-43-39-35-32-29-26-24-27-30-33-37-41-45-49-53-57-68-62(67)56-52-48-44-40-36-16-14-12-10-8-6-4-2/h12,14,24,27,50,54,59-60,64-65H,3-11,13,15-23,25-26,28-49,51-53,55-58H2,1-2H3,(H,63,66)/b14-12-,27-24-,54-50+. The van der Waals surface area contributed by atoms with Gasteiger partial charge in [0.25, 0.3) is 0 Å². The van der Waals surface area contributed by atoms with Crippen molar-refractivity contribution in [3.05, 3.63) is 36.5 Å². The topological polar surface area (TPSA) is 95.9 Å². The van der Waals surface area contributed by atoms with Crippen molar-refractivity contribution in [2.45, 2.75) is 334 Å². The first-order chi connectivity index (χ1) is 33.5. The second-order valence-electron chi connectivity index (χ2n) is 20.7. The summed E-state index contributed by atoms with van der Waals surface area (Å²) in [5.41, 5.74) is 0. The molecular weight excluding hydrogens is 839 g/mol. The van der Waals surface area contributed by atoms with E-state index in [4.69, 9.17) is 4.74 Å². The minimum absolute atomic E-state index is 0.0128. The van der Waals surface area contributed by atoms with Gasteiger partial charge < -0.3 is 20.3 Å². The number of rotatable bonds is 56. The number of unbranched alkanes of at least 4 members (excludes halogenated alkanes) is 41. The molecule has 0 radical (unpaired) electrons. The molecule has 0 aromatic rings. The Balaban J connectivity index is 3.50. The smallest absolute Gasteiger partial charge is 0.305 e. The second-order valence-corrected chi connectivity index (χ2v) is 20.7. The molecule has 2 atom stereocenters. The molecule has 6 heteroatoms. The van der Waals surface area contributed by atoms with Crippen LogP contribution in [-0.2, 0) is 14.3 Å². The lowest BCUT2D eigenvalue weighted by molar-refractivity contribution is -0.143. The molecule has 3 N–H and O–H groups in total. The van der Waals surface area contributed by atoms with Crippen molar-refractivity contribution in [1.82, 2.24) is 5.32 Å². The SMILES string of the molecule is CCCCC/C=C\CCCCCCCC(=O)OCCCCCCCC/C=C\CCCCCCCCCC(=O)NC(CO)C(O)/C=C/CCCCCCCCCCCCCCCCCCCCCC. The fraction of sp³-hybridized carbons (Fsp3) is 0.871. The second kappa shape index (κ2) is 57.7. The van der Waals surface area contributed by atoms with E-state index in [0.717, 1.165) is 57.8 Å². The highest BCUT2D eigenvalue weighted by Crippen LogP contribution is 2.17. The number of allylic oxidation sites excluding steroid dienone is 5. The highest BCUT2D eigenvalue weighted by atomic mass is 16.5. The predicted molar refractivity (Wildman–Crippen MR) is 296 cm³/mol. The van der Waals surface area contributed by atoms with Crippen molar-refractivity contribution in [2.75, 3.05) is 13.2 Å². The van der Waals surface area contributed by atoms with E-state index < -0.39 is 12.1 Å². The molecule has 400 valence electrons. The van der Waals surface area contributed by atoms with E-state index in [1.807, 2.05) is 6.08 Å². The van der Waals surface area contributed by atoms with Gasteiger partial charge in [-0.2, -0.15) is 0 Å². The Morgan fingerprint density at radius 1 is 0.397 bits per heavy atom. The van der Waals surface area contributed by atoms with Gasteiger partial charge in [-0.15, -0.1) is 0 Å². The van der Waals surface area contributed by atoms with Crippen molar-refractivity contribution in [2.24, 2.45) is 0 Å². The maximum Gasteiger partial charge on any atom is 0.305 e. The molecule has 0 fully saturated rings. The van der Waals surface area contributed by atoms with E-state index in [1.165, 1.54) is 238 Å². The first kappa shape index (κ1) is 66.1. The van der Waals surface area contributed by atoms with Crippen LogP contribution >= 0.6 is 0 Å². The normalized spacial score (nSPS) is 12.8. The van der Waals surface area contributed by atoms with Gasteiger partial charge in [-0.3, -0.25) is 9.59 Å². The third-order valence-electron chi connectivity index (χ3n) is 13.9. The molecule has 0 aliphatic carbocycles. The van der Waals surface area contributed by atoms with Crippen LogP contribution < -0.4 is 5.32 Å².